The Morgan fingerprint density at radius 2 is 1.64 bits per heavy atom. The molecule has 0 fully saturated rings. The first-order chi connectivity index (χ1) is 13.7. The van der Waals surface area contributed by atoms with Crippen LogP contribution in [0.1, 0.15) is 27.8 Å². The topological polar surface area (TPSA) is 32.9 Å². The highest BCUT2D eigenvalue weighted by Gasteiger charge is 2.05. The van der Waals surface area contributed by atoms with Crippen LogP contribution >= 0.6 is 0 Å². The van der Waals surface area contributed by atoms with Gasteiger partial charge in [-0.25, -0.2) is 0 Å². The predicted molar refractivity (Wildman–Crippen MR) is 116 cm³/mol. The highest BCUT2D eigenvalue weighted by Crippen LogP contribution is 2.16. The maximum absolute atomic E-state index is 12.4. The van der Waals surface area contributed by atoms with Gasteiger partial charge in [0, 0.05) is 29.5 Å². The van der Waals surface area contributed by atoms with Gasteiger partial charge in [0.25, 0.3) is 5.56 Å². The number of hydrogen-bond acceptors (Lipinski definition) is 1. The van der Waals surface area contributed by atoms with Crippen molar-refractivity contribution in [3.8, 4) is 11.8 Å². The second-order valence-corrected chi connectivity index (χ2v) is 7.05. The molecule has 1 heterocycles. The summed E-state index contributed by atoms with van der Waals surface area (Å²) in [6.07, 6.45) is 1.35. The number of pyridine rings is 1. The van der Waals surface area contributed by atoms with Crippen molar-refractivity contribution in [3.05, 3.63) is 117 Å². The Morgan fingerprint density at radius 3 is 2.43 bits per heavy atom. The molecular formula is C26H21NO. The zero-order chi connectivity index (χ0) is 19.3. The number of benzene rings is 3. The standard InChI is InChI=1S/C26H21NO/c1-19-10-12-22(13-11-19)17-24-18-23-16-21(14-15-25(23)27-26(24)28)9-5-8-20-6-3-2-4-7-20/h2-4,6-7,10-16,18H,8,17H2,1H3,(H,27,28). The highest BCUT2D eigenvalue weighted by molar-refractivity contribution is 5.80. The molecule has 2 nitrogen and oxygen atoms in total. The molecule has 1 aromatic heterocycles. The van der Waals surface area contributed by atoms with Gasteiger partial charge >= 0.3 is 0 Å². The fourth-order valence-electron chi connectivity index (χ4n) is 3.23. The lowest BCUT2D eigenvalue weighted by Crippen LogP contribution is -2.12. The molecule has 0 aliphatic carbocycles. The Morgan fingerprint density at radius 1 is 0.857 bits per heavy atom. The van der Waals surface area contributed by atoms with Crippen LogP contribution in [0.5, 0.6) is 0 Å². The number of aromatic amines is 1. The summed E-state index contributed by atoms with van der Waals surface area (Å²) < 4.78 is 0. The first-order valence-corrected chi connectivity index (χ1v) is 9.42. The minimum Gasteiger partial charge on any atom is -0.322 e. The van der Waals surface area contributed by atoms with Crippen LogP contribution in [0, 0.1) is 18.8 Å². The van der Waals surface area contributed by atoms with Gasteiger partial charge in [-0.1, -0.05) is 72.0 Å². The third-order valence-corrected chi connectivity index (χ3v) is 4.80. The molecule has 0 unspecified atom stereocenters. The van der Waals surface area contributed by atoms with Gasteiger partial charge in [0.2, 0.25) is 0 Å². The monoisotopic (exact) mass is 363 g/mol. The van der Waals surface area contributed by atoms with E-state index < -0.39 is 0 Å². The third kappa shape index (κ3) is 4.22. The van der Waals surface area contributed by atoms with Crippen molar-refractivity contribution in [2.24, 2.45) is 0 Å². The fourth-order valence-corrected chi connectivity index (χ4v) is 3.23. The molecular weight excluding hydrogens is 342 g/mol. The van der Waals surface area contributed by atoms with Crippen molar-refractivity contribution in [1.29, 1.82) is 0 Å². The lowest BCUT2D eigenvalue weighted by atomic mass is 10.0. The zero-order valence-corrected chi connectivity index (χ0v) is 15.8. The lowest BCUT2D eigenvalue weighted by Gasteiger charge is -2.05. The van der Waals surface area contributed by atoms with Crippen molar-refractivity contribution in [2.75, 3.05) is 0 Å². The van der Waals surface area contributed by atoms with Crippen LogP contribution in [-0.2, 0) is 12.8 Å². The molecule has 0 amide bonds. The summed E-state index contributed by atoms with van der Waals surface area (Å²) >= 11 is 0. The molecule has 0 aliphatic rings. The number of nitrogens with one attached hydrogen (secondary N) is 1. The van der Waals surface area contributed by atoms with Crippen LogP contribution < -0.4 is 5.56 Å². The molecule has 2 heteroatoms. The highest BCUT2D eigenvalue weighted by atomic mass is 16.1. The molecule has 0 spiro atoms. The first kappa shape index (κ1) is 17.8. The van der Waals surface area contributed by atoms with Crippen molar-refractivity contribution < 1.29 is 0 Å². The number of H-pyrrole nitrogens is 1. The summed E-state index contributed by atoms with van der Waals surface area (Å²) in [7, 11) is 0. The van der Waals surface area contributed by atoms with Crippen LogP contribution in [0.3, 0.4) is 0 Å². The van der Waals surface area contributed by atoms with Gasteiger partial charge in [-0.15, -0.1) is 0 Å². The summed E-state index contributed by atoms with van der Waals surface area (Å²) in [4.78, 5) is 15.4. The molecule has 4 aromatic rings. The second kappa shape index (κ2) is 7.98. The van der Waals surface area contributed by atoms with Gasteiger partial charge in [0.1, 0.15) is 0 Å². The zero-order valence-electron chi connectivity index (χ0n) is 15.8. The van der Waals surface area contributed by atoms with E-state index in [9.17, 15) is 4.79 Å². The average Bonchev–Trinajstić information content (AvgIpc) is 2.71. The molecule has 4 rings (SSSR count). The molecule has 0 saturated carbocycles. The number of aromatic nitrogens is 1. The summed E-state index contributed by atoms with van der Waals surface area (Å²) in [6, 6.07) is 26.4. The molecule has 136 valence electrons. The minimum absolute atomic E-state index is 0.0315. The van der Waals surface area contributed by atoms with E-state index in [1.807, 2.05) is 42.5 Å². The molecule has 0 saturated heterocycles. The minimum atomic E-state index is -0.0315. The largest absolute Gasteiger partial charge is 0.322 e. The smallest absolute Gasteiger partial charge is 0.251 e. The molecule has 28 heavy (non-hydrogen) atoms. The summed E-state index contributed by atoms with van der Waals surface area (Å²) in [5, 5.41) is 1.01. The van der Waals surface area contributed by atoms with Gasteiger partial charge in [-0.05, 0) is 47.7 Å². The van der Waals surface area contributed by atoms with Gasteiger partial charge < -0.3 is 4.98 Å². The first-order valence-electron chi connectivity index (χ1n) is 9.42. The van der Waals surface area contributed by atoms with E-state index in [0.29, 0.717) is 6.42 Å². The molecule has 0 bridgehead atoms. The van der Waals surface area contributed by atoms with Gasteiger partial charge in [-0.3, -0.25) is 4.79 Å². The molecule has 0 atom stereocenters. The summed E-state index contributed by atoms with van der Waals surface area (Å²) in [5.41, 5.74) is 6.09. The Hall–Kier alpha value is -3.57. The number of aryl methyl sites for hydroxylation is 1. The quantitative estimate of drug-likeness (QED) is 0.509. The molecule has 1 N–H and O–H groups in total. The Bertz CT molecular complexity index is 1220. The van der Waals surface area contributed by atoms with Crippen molar-refractivity contribution in [2.45, 2.75) is 19.8 Å². The molecule has 3 aromatic carbocycles. The van der Waals surface area contributed by atoms with Crippen LogP contribution in [0.2, 0.25) is 0 Å². The van der Waals surface area contributed by atoms with E-state index in [0.717, 1.165) is 34.0 Å². The lowest BCUT2D eigenvalue weighted by molar-refractivity contribution is 1.12. The normalized spacial score (nSPS) is 10.5. The third-order valence-electron chi connectivity index (χ3n) is 4.80. The van der Waals surface area contributed by atoms with E-state index in [4.69, 9.17) is 0 Å². The maximum Gasteiger partial charge on any atom is 0.251 e. The van der Waals surface area contributed by atoms with Gasteiger partial charge in [-0.2, -0.15) is 0 Å². The van der Waals surface area contributed by atoms with Crippen LogP contribution in [0.15, 0.2) is 83.7 Å². The SMILES string of the molecule is Cc1ccc(Cc2cc3cc(C#CCc4ccccc4)ccc3[nH]c2=O)cc1. The van der Waals surface area contributed by atoms with Crippen LogP contribution in [0.4, 0.5) is 0 Å². The van der Waals surface area contributed by atoms with Crippen molar-refractivity contribution >= 4 is 10.9 Å². The van der Waals surface area contributed by atoms with E-state index in [1.54, 1.807) is 0 Å². The Labute approximate surface area is 164 Å². The van der Waals surface area contributed by atoms with E-state index >= 15 is 0 Å². The number of rotatable bonds is 3. The summed E-state index contributed by atoms with van der Waals surface area (Å²) in [6.45, 7) is 2.06. The fraction of sp³-hybridized carbons (Fsp3) is 0.115. The molecule has 0 radical (unpaired) electrons. The van der Waals surface area contributed by atoms with Crippen molar-refractivity contribution in [3.63, 3.8) is 0 Å². The van der Waals surface area contributed by atoms with E-state index in [2.05, 4.69) is 60.1 Å². The molecule has 0 aliphatic heterocycles. The van der Waals surface area contributed by atoms with Crippen molar-refractivity contribution in [1.82, 2.24) is 4.98 Å². The van der Waals surface area contributed by atoms with Gasteiger partial charge in [0.15, 0.2) is 0 Å². The van der Waals surface area contributed by atoms with Gasteiger partial charge in [0.05, 0.1) is 0 Å². The number of fused-ring (bicyclic) bond motifs is 1. The van der Waals surface area contributed by atoms with Crippen LogP contribution in [0.25, 0.3) is 10.9 Å². The second-order valence-electron chi connectivity index (χ2n) is 7.05. The maximum atomic E-state index is 12.4. The Kier molecular flexibility index (Phi) is 5.08. The Balaban J connectivity index is 1.60. The predicted octanol–water partition coefficient (Wildman–Crippen LogP) is 5.02. The van der Waals surface area contributed by atoms with Crippen LogP contribution in [-0.4, -0.2) is 4.98 Å². The van der Waals surface area contributed by atoms with E-state index in [-0.39, 0.29) is 5.56 Å². The average molecular weight is 363 g/mol. The summed E-state index contributed by atoms with van der Waals surface area (Å²) in [5.74, 6) is 6.47. The van der Waals surface area contributed by atoms with E-state index in [1.165, 1.54) is 11.1 Å². The number of hydrogen-bond donors (Lipinski definition) is 1.